The SMILES string of the molecule is COc1ccc(C(=O)NC(C)c2ccc(Cl)cc2)cc1S(=O)(=O)NC(C)(C)C. The molecule has 6 nitrogen and oxygen atoms in total. The van der Waals surface area contributed by atoms with Gasteiger partial charge in [0.05, 0.1) is 13.2 Å². The summed E-state index contributed by atoms with van der Waals surface area (Å²) >= 11 is 5.89. The Labute approximate surface area is 171 Å². The molecule has 152 valence electrons. The monoisotopic (exact) mass is 424 g/mol. The summed E-state index contributed by atoms with van der Waals surface area (Å²) in [4.78, 5) is 12.6. The van der Waals surface area contributed by atoms with Gasteiger partial charge in [-0.1, -0.05) is 23.7 Å². The number of methoxy groups -OCH3 is 1. The summed E-state index contributed by atoms with van der Waals surface area (Å²) in [6.45, 7) is 7.05. The summed E-state index contributed by atoms with van der Waals surface area (Å²) in [6.07, 6.45) is 0. The number of benzene rings is 2. The van der Waals surface area contributed by atoms with Crippen LogP contribution in [0.5, 0.6) is 5.75 Å². The molecule has 0 bridgehead atoms. The zero-order chi connectivity index (χ0) is 21.1. The normalized spacial score (nSPS) is 13.1. The molecular weight excluding hydrogens is 400 g/mol. The molecule has 0 heterocycles. The van der Waals surface area contributed by atoms with Crippen molar-refractivity contribution in [3.05, 3.63) is 58.6 Å². The Morgan fingerprint density at radius 1 is 1.11 bits per heavy atom. The summed E-state index contributed by atoms with van der Waals surface area (Å²) in [6, 6.07) is 11.2. The molecule has 0 fully saturated rings. The van der Waals surface area contributed by atoms with Crippen molar-refractivity contribution in [2.45, 2.75) is 44.2 Å². The number of halogens is 1. The molecule has 0 saturated carbocycles. The van der Waals surface area contributed by atoms with Gasteiger partial charge in [-0.25, -0.2) is 13.1 Å². The van der Waals surface area contributed by atoms with Gasteiger partial charge in [-0.2, -0.15) is 0 Å². The third-order valence-corrected chi connectivity index (χ3v) is 5.90. The van der Waals surface area contributed by atoms with Crippen LogP contribution in [0.25, 0.3) is 0 Å². The Hall–Kier alpha value is -2.09. The summed E-state index contributed by atoms with van der Waals surface area (Å²) in [7, 11) is -2.49. The largest absolute Gasteiger partial charge is 0.495 e. The van der Waals surface area contributed by atoms with E-state index in [0.717, 1.165) is 5.56 Å². The lowest BCUT2D eigenvalue weighted by atomic mass is 10.1. The molecule has 0 radical (unpaired) electrons. The molecule has 0 spiro atoms. The predicted octanol–water partition coefficient (Wildman–Crippen LogP) is 3.92. The molecule has 0 aliphatic carbocycles. The molecule has 0 aliphatic heterocycles. The van der Waals surface area contributed by atoms with Gasteiger partial charge in [-0.3, -0.25) is 4.79 Å². The zero-order valence-electron chi connectivity index (χ0n) is 16.5. The molecule has 2 aromatic rings. The molecule has 28 heavy (non-hydrogen) atoms. The molecule has 1 unspecified atom stereocenters. The highest BCUT2D eigenvalue weighted by Crippen LogP contribution is 2.26. The second-order valence-corrected chi connectivity index (χ2v) is 9.56. The minimum atomic E-state index is -3.87. The van der Waals surface area contributed by atoms with Gasteiger partial charge in [0.15, 0.2) is 0 Å². The standard InChI is InChI=1S/C20H25ClN2O4S/c1-13(14-6-9-16(21)10-7-14)22-19(24)15-8-11-17(27-5)18(12-15)28(25,26)23-20(2,3)4/h6-13,23H,1-5H3,(H,22,24). The van der Waals surface area contributed by atoms with Crippen LogP contribution in [0, 0.1) is 0 Å². The number of rotatable bonds is 6. The molecule has 2 N–H and O–H groups in total. The van der Waals surface area contributed by atoms with E-state index in [-0.39, 0.29) is 22.3 Å². The van der Waals surface area contributed by atoms with E-state index in [4.69, 9.17) is 16.3 Å². The number of ether oxygens (including phenoxy) is 1. The van der Waals surface area contributed by atoms with Crippen molar-refractivity contribution in [2.75, 3.05) is 7.11 Å². The zero-order valence-corrected chi connectivity index (χ0v) is 18.1. The van der Waals surface area contributed by atoms with Gasteiger partial charge < -0.3 is 10.1 Å². The fraction of sp³-hybridized carbons (Fsp3) is 0.350. The molecule has 1 atom stereocenters. The first-order valence-corrected chi connectivity index (χ1v) is 10.6. The Kier molecular flexibility index (Phi) is 6.75. The van der Waals surface area contributed by atoms with E-state index in [9.17, 15) is 13.2 Å². The summed E-state index contributed by atoms with van der Waals surface area (Å²) in [5.74, 6) is -0.226. The molecule has 0 saturated heterocycles. The first-order valence-electron chi connectivity index (χ1n) is 8.71. The van der Waals surface area contributed by atoms with E-state index in [1.165, 1.54) is 25.3 Å². The van der Waals surface area contributed by atoms with Gasteiger partial charge in [0.25, 0.3) is 5.91 Å². The van der Waals surface area contributed by atoms with Crippen LogP contribution in [0.3, 0.4) is 0 Å². The van der Waals surface area contributed by atoms with E-state index in [0.29, 0.717) is 5.02 Å². The van der Waals surface area contributed by atoms with Crippen molar-refractivity contribution < 1.29 is 17.9 Å². The lowest BCUT2D eigenvalue weighted by Crippen LogP contribution is -2.40. The molecule has 8 heteroatoms. The number of amides is 1. The molecule has 2 rings (SSSR count). The fourth-order valence-corrected chi connectivity index (χ4v) is 4.34. The van der Waals surface area contributed by atoms with Gasteiger partial charge >= 0.3 is 0 Å². The van der Waals surface area contributed by atoms with E-state index in [2.05, 4.69) is 10.0 Å². The maximum atomic E-state index is 12.7. The van der Waals surface area contributed by atoms with Crippen molar-refractivity contribution in [1.82, 2.24) is 10.0 Å². The first kappa shape index (κ1) is 22.2. The minimum Gasteiger partial charge on any atom is -0.495 e. The Morgan fingerprint density at radius 3 is 2.25 bits per heavy atom. The maximum absolute atomic E-state index is 12.7. The maximum Gasteiger partial charge on any atom is 0.251 e. The van der Waals surface area contributed by atoms with Crippen LogP contribution in [0.2, 0.25) is 5.02 Å². The highest BCUT2D eigenvalue weighted by atomic mass is 35.5. The molecule has 2 aromatic carbocycles. The van der Waals surface area contributed by atoms with Gasteiger partial charge in [-0.15, -0.1) is 0 Å². The third kappa shape index (κ3) is 5.70. The van der Waals surface area contributed by atoms with Crippen LogP contribution in [-0.4, -0.2) is 27.0 Å². The number of hydrogen-bond acceptors (Lipinski definition) is 4. The van der Waals surface area contributed by atoms with Crippen LogP contribution < -0.4 is 14.8 Å². The van der Waals surface area contributed by atoms with E-state index in [1.54, 1.807) is 32.9 Å². The van der Waals surface area contributed by atoms with Crippen molar-refractivity contribution in [3.8, 4) is 5.75 Å². The van der Waals surface area contributed by atoms with Crippen molar-refractivity contribution >= 4 is 27.5 Å². The molecular formula is C20H25ClN2O4S. The summed E-state index contributed by atoms with van der Waals surface area (Å²) in [5.41, 5.74) is 0.426. The molecule has 0 aliphatic rings. The Balaban J connectivity index is 2.31. The minimum absolute atomic E-state index is 0.0864. The smallest absolute Gasteiger partial charge is 0.251 e. The number of nitrogens with one attached hydrogen (secondary N) is 2. The van der Waals surface area contributed by atoms with Crippen LogP contribution >= 0.6 is 11.6 Å². The van der Waals surface area contributed by atoms with Gasteiger partial charge in [0, 0.05) is 16.1 Å². The Morgan fingerprint density at radius 2 is 1.71 bits per heavy atom. The second kappa shape index (κ2) is 8.51. The topological polar surface area (TPSA) is 84.5 Å². The van der Waals surface area contributed by atoms with Crippen LogP contribution in [0.1, 0.15) is 49.7 Å². The number of sulfonamides is 1. The second-order valence-electron chi connectivity index (χ2n) is 7.47. The number of hydrogen-bond donors (Lipinski definition) is 2. The van der Waals surface area contributed by atoms with Gasteiger partial charge in [-0.05, 0) is 63.6 Å². The van der Waals surface area contributed by atoms with Gasteiger partial charge in [0.2, 0.25) is 10.0 Å². The van der Waals surface area contributed by atoms with Crippen LogP contribution in [0.4, 0.5) is 0 Å². The third-order valence-electron chi connectivity index (χ3n) is 3.87. The van der Waals surface area contributed by atoms with E-state index in [1.807, 2.05) is 19.1 Å². The lowest BCUT2D eigenvalue weighted by Gasteiger charge is -2.21. The fourth-order valence-electron chi connectivity index (χ4n) is 2.60. The summed E-state index contributed by atoms with van der Waals surface area (Å²) in [5, 5.41) is 3.47. The van der Waals surface area contributed by atoms with Crippen molar-refractivity contribution in [3.63, 3.8) is 0 Å². The number of carbonyl (C=O) groups is 1. The lowest BCUT2D eigenvalue weighted by molar-refractivity contribution is 0.0939. The van der Waals surface area contributed by atoms with Crippen molar-refractivity contribution in [1.29, 1.82) is 0 Å². The predicted molar refractivity (Wildman–Crippen MR) is 110 cm³/mol. The quantitative estimate of drug-likeness (QED) is 0.736. The van der Waals surface area contributed by atoms with E-state index >= 15 is 0 Å². The average Bonchev–Trinajstić information content (AvgIpc) is 2.59. The summed E-state index contributed by atoms with van der Waals surface area (Å²) < 4.78 is 33.2. The molecule has 1 amide bonds. The average molecular weight is 425 g/mol. The van der Waals surface area contributed by atoms with Crippen LogP contribution in [0.15, 0.2) is 47.4 Å². The first-order chi connectivity index (χ1) is 12.9. The highest BCUT2D eigenvalue weighted by Gasteiger charge is 2.26. The number of carbonyl (C=O) groups excluding carboxylic acids is 1. The van der Waals surface area contributed by atoms with Crippen molar-refractivity contribution in [2.24, 2.45) is 0 Å². The highest BCUT2D eigenvalue weighted by molar-refractivity contribution is 7.89. The molecule has 0 aromatic heterocycles. The van der Waals surface area contributed by atoms with E-state index < -0.39 is 21.5 Å². The van der Waals surface area contributed by atoms with Crippen LogP contribution in [-0.2, 0) is 10.0 Å². The Bertz CT molecular complexity index is 951. The van der Waals surface area contributed by atoms with Gasteiger partial charge in [0.1, 0.15) is 10.6 Å².